The number of carbonyl (C=O) groups excluding carboxylic acids is 2. The van der Waals surface area contributed by atoms with Crippen LogP contribution in [0.1, 0.15) is 28.4 Å². The Balaban J connectivity index is 1.79. The fourth-order valence-corrected chi connectivity index (χ4v) is 3.25. The molecule has 0 radical (unpaired) electrons. The Hall–Kier alpha value is -2.82. The smallest absolute Gasteiger partial charge is 0.228 e. The third-order valence-electron chi connectivity index (χ3n) is 4.22. The number of carbonyl (C=O) groups is 2. The van der Waals surface area contributed by atoms with Gasteiger partial charge in [0.05, 0.1) is 23.7 Å². The van der Waals surface area contributed by atoms with Crippen LogP contribution in [0.4, 0.5) is 5.69 Å². The van der Waals surface area contributed by atoms with Crippen LogP contribution < -0.4 is 10.1 Å². The lowest BCUT2D eigenvalue weighted by Gasteiger charge is -2.12. The summed E-state index contributed by atoms with van der Waals surface area (Å²) in [5.74, 6) is 0.196. The molecule has 1 amide bonds. The van der Waals surface area contributed by atoms with E-state index in [-0.39, 0.29) is 23.7 Å². The lowest BCUT2D eigenvalue weighted by atomic mass is 10.0. The first-order valence-corrected chi connectivity index (χ1v) is 9.84. The second kappa shape index (κ2) is 9.59. The van der Waals surface area contributed by atoms with Gasteiger partial charge in [-0.1, -0.05) is 47.5 Å². The predicted octanol–water partition coefficient (Wildman–Crippen LogP) is 5.80. The highest BCUT2D eigenvalue weighted by Crippen LogP contribution is 2.27. The molecule has 0 atom stereocenters. The van der Waals surface area contributed by atoms with Crippen LogP contribution in [0.5, 0.6) is 5.75 Å². The van der Waals surface area contributed by atoms with Gasteiger partial charge in [-0.2, -0.15) is 0 Å². The van der Waals surface area contributed by atoms with Crippen molar-refractivity contribution in [2.75, 3.05) is 11.9 Å². The van der Waals surface area contributed by atoms with Crippen LogP contribution in [0.15, 0.2) is 66.7 Å². The maximum absolute atomic E-state index is 13.0. The largest absolute Gasteiger partial charge is 0.494 e. The molecular weight excluding hydrogens is 409 g/mol. The zero-order valence-corrected chi connectivity index (χ0v) is 17.3. The first-order chi connectivity index (χ1) is 14.0. The number of ether oxygens (including phenoxy) is 1. The van der Waals surface area contributed by atoms with Crippen LogP contribution in [0.3, 0.4) is 0 Å². The maximum Gasteiger partial charge on any atom is 0.228 e. The van der Waals surface area contributed by atoms with E-state index < -0.39 is 0 Å². The summed E-state index contributed by atoms with van der Waals surface area (Å²) in [6.07, 6.45) is 0.161. The number of hydrogen-bond donors (Lipinski definition) is 1. The molecule has 0 aromatic heterocycles. The van der Waals surface area contributed by atoms with Crippen LogP contribution in [-0.2, 0) is 11.2 Å². The molecule has 0 heterocycles. The van der Waals surface area contributed by atoms with Crippen LogP contribution in [0, 0.1) is 0 Å². The van der Waals surface area contributed by atoms with E-state index in [1.54, 1.807) is 36.4 Å². The maximum atomic E-state index is 13.0. The van der Waals surface area contributed by atoms with Crippen molar-refractivity contribution in [2.45, 2.75) is 13.3 Å². The van der Waals surface area contributed by atoms with Gasteiger partial charge in [-0.05, 0) is 55.0 Å². The normalized spacial score (nSPS) is 10.4. The van der Waals surface area contributed by atoms with E-state index in [0.717, 1.165) is 11.3 Å². The summed E-state index contributed by atoms with van der Waals surface area (Å²) in [5.41, 5.74) is 1.85. The molecule has 4 nitrogen and oxygen atoms in total. The van der Waals surface area contributed by atoms with Crippen LogP contribution in [0.2, 0.25) is 10.0 Å². The van der Waals surface area contributed by atoms with Crippen molar-refractivity contribution < 1.29 is 14.3 Å². The molecule has 0 saturated heterocycles. The molecule has 0 unspecified atom stereocenters. The Morgan fingerprint density at radius 2 is 1.66 bits per heavy atom. The summed E-state index contributed by atoms with van der Waals surface area (Å²) in [6.45, 7) is 2.49. The van der Waals surface area contributed by atoms with Gasteiger partial charge in [0.15, 0.2) is 5.78 Å². The lowest BCUT2D eigenvalue weighted by molar-refractivity contribution is -0.115. The van der Waals surface area contributed by atoms with E-state index >= 15 is 0 Å². The summed E-state index contributed by atoms with van der Waals surface area (Å²) in [4.78, 5) is 25.5. The van der Waals surface area contributed by atoms with E-state index in [1.807, 2.05) is 31.2 Å². The van der Waals surface area contributed by atoms with Crippen molar-refractivity contribution in [2.24, 2.45) is 0 Å². The van der Waals surface area contributed by atoms with Crippen molar-refractivity contribution in [1.82, 2.24) is 0 Å². The molecular formula is C23H19Cl2NO3. The molecule has 29 heavy (non-hydrogen) atoms. The fourth-order valence-electron chi connectivity index (χ4n) is 2.85. The molecule has 0 fully saturated rings. The quantitative estimate of drug-likeness (QED) is 0.484. The summed E-state index contributed by atoms with van der Waals surface area (Å²) in [7, 11) is 0. The second-order valence-electron chi connectivity index (χ2n) is 6.30. The number of ketones is 1. The number of hydrogen-bond acceptors (Lipinski definition) is 3. The van der Waals surface area contributed by atoms with Crippen molar-refractivity contribution in [3.63, 3.8) is 0 Å². The highest BCUT2D eigenvalue weighted by Gasteiger charge is 2.18. The van der Waals surface area contributed by atoms with Crippen molar-refractivity contribution in [3.8, 4) is 5.75 Å². The number of halogens is 2. The molecule has 0 aliphatic rings. The molecule has 3 aromatic carbocycles. The van der Waals surface area contributed by atoms with Gasteiger partial charge in [-0.15, -0.1) is 0 Å². The number of nitrogens with one attached hydrogen (secondary N) is 1. The minimum Gasteiger partial charge on any atom is -0.494 e. The van der Waals surface area contributed by atoms with Crippen molar-refractivity contribution >= 4 is 40.6 Å². The van der Waals surface area contributed by atoms with E-state index in [0.29, 0.717) is 27.9 Å². The van der Waals surface area contributed by atoms with E-state index in [9.17, 15) is 9.59 Å². The summed E-state index contributed by atoms with van der Waals surface area (Å²) in [6, 6.07) is 18.8. The van der Waals surface area contributed by atoms with Crippen molar-refractivity contribution in [1.29, 1.82) is 0 Å². The van der Waals surface area contributed by atoms with Gasteiger partial charge in [0.25, 0.3) is 0 Å². The number of benzene rings is 3. The van der Waals surface area contributed by atoms with E-state index in [2.05, 4.69) is 5.32 Å². The lowest BCUT2D eigenvalue weighted by Crippen LogP contribution is -2.17. The van der Waals surface area contributed by atoms with Crippen LogP contribution in [-0.4, -0.2) is 18.3 Å². The number of amides is 1. The average molecular weight is 428 g/mol. The van der Waals surface area contributed by atoms with Gasteiger partial charge in [0.2, 0.25) is 5.91 Å². The molecule has 0 aliphatic heterocycles. The Morgan fingerprint density at radius 1 is 0.931 bits per heavy atom. The van der Waals surface area contributed by atoms with Gasteiger partial charge in [0, 0.05) is 16.1 Å². The standard InChI is InChI=1S/C23H19Cl2NO3/c1-2-29-17-10-7-15(8-11-17)13-22(27)26-21-12-9-16(24)14-19(21)23(28)18-5-3-4-6-20(18)25/h3-12,14H,2,13H2,1H3,(H,26,27). The minimum atomic E-state index is -0.311. The molecule has 1 N–H and O–H groups in total. The third-order valence-corrected chi connectivity index (χ3v) is 4.78. The van der Waals surface area contributed by atoms with Crippen LogP contribution in [0.25, 0.3) is 0 Å². The molecule has 0 aliphatic carbocycles. The molecule has 6 heteroatoms. The number of anilines is 1. The third kappa shape index (κ3) is 5.37. The molecule has 0 bridgehead atoms. The van der Waals surface area contributed by atoms with E-state index in [1.165, 1.54) is 6.07 Å². The SMILES string of the molecule is CCOc1ccc(CC(=O)Nc2ccc(Cl)cc2C(=O)c2ccccc2Cl)cc1. The first-order valence-electron chi connectivity index (χ1n) is 9.08. The van der Waals surface area contributed by atoms with Gasteiger partial charge in [-0.25, -0.2) is 0 Å². The molecule has 3 rings (SSSR count). The molecule has 0 saturated carbocycles. The second-order valence-corrected chi connectivity index (χ2v) is 7.14. The Morgan fingerprint density at radius 3 is 2.34 bits per heavy atom. The minimum absolute atomic E-state index is 0.161. The van der Waals surface area contributed by atoms with E-state index in [4.69, 9.17) is 27.9 Å². The molecule has 148 valence electrons. The zero-order chi connectivity index (χ0) is 20.8. The summed E-state index contributed by atoms with van der Waals surface area (Å²) in [5, 5.41) is 3.53. The average Bonchev–Trinajstić information content (AvgIpc) is 2.71. The molecule has 3 aromatic rings. The fraction of sp³-hybridized carbons (Fsp3) is 0.130. The Labute approximate surface area is 179 Å². The van der Waals surface area contributed by atoms with Crippen molar-refractivity contribution in [3.05, 3.63) is 93.5 Å². The highest BCUT2D eigenvalue weighted by atomic mass is 35.5. The summed E-state index contributed by atoms with van der Waals surface area (Å²) < 4.78 is 5.41. The van der Waals surface area contributed by atoms with Crippen LogP contribution >= 0.6 is 23.2 Å². The first kappa shape index (κ1) is 20.9. The summed E-state index contributed by atoms with van der Waals surface area (Å²) >= 11 is 12.2. The monoisotopic (exact) mass is 427 g/mol. The molecule has 0 spiro atoms. The highest BCUT2D eigenvalue weighted by molar-refractivity contribution is 6.36. The predicted molar refractivity (Wildman–Crippen MR) is 116 cm³/mol. The van der Waals surface area contributed by atoms with Gasteiger partial charge in [0.1, 0.15) is 5.75 Å². The Kier molecular flexibility index (Phi) is 6.91. The van der Waals surface area contributed by atoms with Gasteiger partial charge in [-0.3, -0.25) is 9.59 Å². The topological polar surface area (TPSA) is 55.4 Å². The Bertz CT molecular complexity index is 1030. The van der Waals surface area contributed by atoms with Gasteiger partial charge >= 0.3 is 0 Å². The zero-order valence-electron chi connectivity index (χ0n) is 15.7. The van der Waals surface area contributed by atoms with Gasteiger partial charge < -0.3 is 10.1 Å². The number of rotatable bonds is 7.